The van der Waals surface area contributed by atoms with Gasteiger partial charge < -0.3 is 10.8 Å². The Hall–Kier alpha value is -3.68. The van der Waals surface area contributed by atoms with Gasteiger partial charge >= 0.3 is 11.9 Å². The summed E-state index contributed by atoms with van der Waals surface area (Å²) < 4.78 is 42.0. The number of hydrogen-bond acceptors (Lipinski definition) is 6. The van der Waals surface area contributed by atoms with E-state index < -0.39 is 30.4 Å². The van der Waals surface area contributed by atoms with Crippen molar-refractivity contribution in [1.29, 1.82) is 0 Å². The van der Waals surface area contributed by atoms with E-state index in [9.17, 15) is 27.9 Å². The van der Waals surface area contributed by atoms with Crippen molar-refractivity contribution in [3.05, 3.63) is 74.9 Å². The van der Waals surface area contributed by atoms with Crippen molar-refractivity contribution in [2.45, 2.75) is 31.9 Å². The zero-order valence-corrected chi connectivity index (χ0v) is 20.2. The van der Waals surface area contributed by atoms with E-state index in [0.29, 0.717) is 25.7 Å². The van der Waals surface area contributed by atoms with Crippen LogP contribution in [0.15, 0.2) is 53.3 Å². The number of alkyl halides is 3. The van der Waals surface area contributed by atoms with Gasteiger partial charge in [-0.3, -0.25) is 9.36 Å². The van der Waals surface area contributed by atoms with Crippen LogP contribution in [0.25, 0.3) is 22.8 Å². The minimum Gasteiger partial charge on any atom is -0.382 e. The van der Waals surface area contributed by atoms with Crippen LogP contribution in [0.5, 0.6) is 0 Å². The summed E-state index contributed by atoms with van der Waals surface area (Å²) in [5.74, 6) is -0.635. The average molecular weight is 556 g/mol. The summed E-state index contributed by atoms with van der Waals surface area (Å²) in [5, 5.41) is 18.7. The second-order valence-electron chi connectivity index (χ2n) is 7.89. The molecule has 15 heteroatoms. The smallest absolute Gasteiger partial charge is 0.382 e. The fraction of sp³-hybridized carbons (Fsp3) is 0.227. The second-order valence-corrected chi connectivity index (χ2v) is 8.74. The Morgan fingerprint density at radius 1 is 1.03 bits per heavy atom. The molecule has 10 nitrogen and oxygen atoms in total. The number of amides is 1. The van der Waals surface area contributed by atoms with Gasteiger partial charge in [0.2, 0.25) is 5.91 Å². The Labute approximate surface area is 216 Å². The Morgan fingerprint density at radius 2 is 1.70 bits per heavy atom. The third kappa shape index (κ3) is 5.84. The molecule has 0 aliphatic rings. The molecule has 0 aliphatic heterocycles. The Balaban J connectivity index is 1.78. The topological polar surface area (TPSA) is 134 Å². The predicted octanol–water partition coefficient (Wildman–Crippen LogP) is 2.73. The van der Waals surface area contributed by atoms with Crippen LogP contribution in [-0.4, -0.2) is 52.4 Å². The second kappa shape index (κ2) is 10.4. The normalized spacial score (nSPS) is 12.6. The zero-order valence-electron chi connectivity index (χ0n) is 18.7. The number of rotatable bonds is 8. The minimum atomic E-state index is -4.96. The minimum absolute atomic E-state index is 0.0157. The van der Waals surface area contributed by atoms with E-state index in [1.54, 1.807) is 24.3 Å². The maximum Gasteiger partial charge on any atom is 0.416 e. The van der Waals surface area contributed by atoms with Crippen molar-refractivity contribution in [1.82, 2.24) is 29.1 Å². The monoisotopic (exact) mass is 555 g/mol. The molecule has 0 radical (unpaired) electrons. The fourth-order valence-electron chi connectivity index (χ4n) is 3.49. The number of aliphatic hydroxyl groups is 1. The molecular weight excluding hydrogens is 538 g/mol. The van der Waals surface area contributed by atoms with Crippen molar-refractivity contribution in [3.63, 3.8) is 0 Å². The molecular formula is C22H18Cl2F3N7O3. The summed E-state index contributed by atoms with van der Waals surface area (Å²) in [6, 6.07) is 12.5. The number of hydrogen-bond donors (Lipinski definition) is 2. The third-order valence-electron chi connectivity index (χ3n) is 5.19. The number of aliphatic hydroxyl groups excluding tert-OH is 1. The molecule has 1 atom stereocenters. The largest absolute Gasteiger partial charge is 0.416 e. The van der Waals surface area contributed by atoms with Crippen LogP contribution in [0.4, 0.5) is 13.2 Å². The van der Waals surface area contributed by atoms with Crippen LogP contribution in [0.3, 0.4) is 0 Å². The zero-order chi connectivity index (χ0) is 26.9. The van der Waals surface area contributed by atoms with Crippen LogP contribution in [0, 0.1) is 0 Å². The summed E-state index contributed by atoms with van der Waals surface area (Å²) in [5.41, 5.74) is 5.11. The molecule has 0 bridgehead atoms. The van der Waals surface area contributed by atoms with E-state index in [4.69, 9.17) is 28.9 Å². The lowest BCUT2D eigenvalue weighted by molar-refractivity contribution is -0.207. The Morgan fingerprint density at radius 3 is 2.32 bits per heavy atom. The highest BCUT2D eigenvalue weighted by atomic mass is 35.5. The van der Waals surface area contributed by atoms with E-state index in [0.717, 1.165) is 4.68 Å². The molecule has 0 aliphatic carbocycles. The van der Waals surface area contributed by atoms with Gasteiger partial charge in [-0.05, 0) is 36.4 Å². The maximum atomic E-state index is 13.1. The van der Waals surface area contributed by atoms with Gasteiger partial charge in [-0.2, -0.15) is 18.3 Å². The molecule has 2 heterocycles. The molecule has 1 amide bonds. The maximum absolute atomic E-state index is 13.1. The third-order valence-corrected chi connectivity index (χ3v) is 5.77. The molecule has 2 aromatic heterocycles. The summed E-state index contributed by atoms with van der Waals surface area (Å²) in [7, 11) is 0. The first-order chi connectivity index (χ1) is 17.4. The van der Waals surface area contributed by atoms with Crippen molar-refractivity contribution in [3.8, 4) is 22.8 Å². The Bertz CT molecular complexity index is 1500. The number of nitrogens with two attached hydrogens (primary N) is 1. The predicted molar refractivity (Wildman–Crippen MR) is 128 cm³/mol. The average Bonchev–Trinajstić information content (AvgIpc) is 3.34. The molecule has 0 saturated carbocycles. The first-order valence-electron chi connectivity index (χ1n) is 10.6. The van der Waals surface area contributed by atoms with Gasteiger partial charge in [-0.25, -0.2) is 19.1 Å². The lowest BCUT2D eigenvalue weighted by atomic mass is 10.2. The number of nitrogens with zero attached hydrogens (tertiary/aromatic N) is 6. The highest BCUT2D eigenvalue weighted by molar-refractivity contribution is 6.33. The van der Waals surface area contributed by atoms with Gasteiger partial charge in [0.15, 0.2) is 23.6 Å². The van der Waals surface area contributed by atoms with Crippen molar-refractivity contribution in [2.24, 2.45) is 5.73 Å². The molecule has 0 saturated heterocycles. The highest BCUT2D eigenvalue weighted by Crippen LogP contribution is 2.27. The molecule has 2 aromatic carbocycles. The highest BCUT2D eigenvalue weighted by Gasteiger charge is 2.39. The van der Waals surface area contributed by atoms with Gasteiger partial charge in [-0.1, -0.05) is 35.3 Å². The Kier molecular flexibility index (Phi) is 7.39. The lowest BCUT2D eigenvalue weighted by Crippen LogP contribution is -2.37. The van der Waals surface area contributed by atoms with Crippen LogP contribution in [-0.2, 0) is 24.4 Å². The van der Waals surface area contributed by atoms with E-state index in [1.165, 1.54) is 28.9 Å². The molecule has 37 heavy (non-hydrogen) atoms. The van der Waals surface area contributed by atoms with Crippen LogP contribution < -0.4 is 11.4 Å². The number of carbonyl (C=O) groups is 1. The van der Waals surface area contributed by atoms with Crippen LogP contribution in [0.2, 0.25) is 10.0 Å². The molecule has 194 valence electrons. The number of primary amides is 1. The fourth-order valence-corrected chi connectivity index (χ4v) is 3.83. The van der Waals surface area contributed by atoms with Crippen molar-refractivity contribution < 1.29 is 23.1 Å². The SMILES string of the molecule is NC(=O)Cn1nc(Cn2nc(-c3ccc(Cl)cc3)n(CC(O)C(F)(F)F)c2=O)nc1-c1ccccc1Cl. The first-order valence-corrected chi connectivity index (χ1v) is 11.3. The van der Waals surface area contributed by atoms with Crippen LogP contribution >= 0.6 is 23.2 Å². The van der Waals surface area contributed by atoms with Gasteiger partial charge in [0, 0.05) is 16.1 Å². The molecule has 4 aromatic rings. The number of carbonyl (C=O) groups excluding carboxylic acids is 1. The number of aromatic nitrogens is 6. The molecule has 3 N–H and O–H groups in total. The summed E-state index contributed by atoms with van der Waals surface area (Å²) in [6.07, 6.45) is -7.77. The lowest BCUT2D eigenvalue weighted by Gasteiger charge is -2.15. The number of halogens is 5. The van der Waals surface area contributed by atoms with Gasteiger partial charge in [0.25, 0.3) is 0 Å². The van der Waals surface area contributed by atoms with Crippen LogP contribution in [0.1, 0.15) is 5.82 Å². The van der Waals surface area contributed by atoms with Crippen molar-refractivity contribution >= 4 is 29.1 Å². The number of benzene rings is 2. The van der Waals surface area contributed by atoms with E-state index in [2.05, 4.69) is 15.2 Å². The van der Waals surface area contributed by atoms with Crippen molar-refractivity contribution in [2.75, 3.05) is 0 Å². The summed E-state index contributed by atoms with van der Waals surface area (Å²) >= 11 is 12.2. The standard InChI is InChI=1S/C22H18Cl2F3N7O3/c23-13-7-5-12(6-8-13)19-31-34(21(37)32(19)9-16(35)22(25,26)27)11-18-29-20(33(30-18)10-17(28)36)14-3-1-2-4-15(14)24/h1-8,16,35H,9-11H2,(H2,28,36). The molecule has 0 spiro atoms. The van der Waals surface area contributed by atoms with E-state index >= 15 is 0 Å². The van der Waals surface area contributed by atoms with Gasteiger partial charge in [0.05, 0.1) is 11.6 Å². The molecule has 1 unspecified atom stereocenters. The van der Waals surface area contributed by atoms with E-state index in [-0.39, 0.29) is 30.6 Å². The van der Waals surface area contributed by atoms with Gasteiger partial charge in [-0.15, -0.1) is 5.10 Å². The summed E-state index contributed by atoms with van der Waals surface area (Å²) in [4.78, 5) is 29.0. The summed E-state index contributed by atoms with van der Waals surface area (Å²) in [6.45, 7) is -1.79. The molecule has 0 fully saturated rings. The van der Waals surface area contributed by atoms with Gasteiger partial charge in [0.1, 0.15) is 13.1 Å². The van der Waals surface area contributed by atoms with E-state index in [1.807, 2.05) is 0 Å². The quantitative estimate of drug-likeness (QED) is 0.343. The molecule has 4 rings (SSSR count). The first kappa shape index (κ1) is 26.4.